The third-order valence-electron chi connectivity index (χ3n) is 3.73. The van der Waals surface area contributed by atoms with E-state index in [4.69, 9.17) is 0 Å². The van der Waals surface area contributed by atoms with E-state index in [2.05, 4.69) is 36.5 Å². The SMILES string of the molecule is O=C(CCNC(=O)c1ccc2nc(C(F)F)[nH]c2c1)Nc1ccc(Br)cc1. The number of aromatic amines is 1. The number of amides is 2. The molecule has 3 N–H and O–H groups in total. The van der Waals surface area contributed by atoms with E-state index < -0.39 is 18.2 Å². The highest BCUT2D eigenvalue weighted by Gasteiger charge is 2.14. The first kappa shape index (κ1) is 19.0. The van der Waals surface area contributed by atoms with Gasteiger partial charge >= 0.3 is 0 Å². The van der Waals surface area contributed by atoms with Crippen LogP contribution in [0.2, 0.25) is 0 Å². The van der Waals surface area contributed by atoms with Crippen molar-refractivity contribution >= 4 is 44.5 Å². The first-order valence-electron chi connectivity index (χ1n) is 8.04. The van der Waals surface area contributed by atoms with Crippen molar-refractivity contribution in [1.29, 1.82) is 0 Å². The lowest BCUT2D eigenvalue weighted by Crippen LogP contribution is -2.27. The number of benzene rings is 2. The molecule has 1 heterocycles. The molecule has 0 aliphatic rings. The summed E-state index contributed by atoms with van der Waals surface area (Å²) in [5.74, 6) is -1.07. The number of hydrogen-bond donors (Lipinski definition) is 3. The molecule has 0 unspecified atom stereocenters. The van der Waals surface area contributed by atoms with Gasteiger partial charge in [0.15, 0.2) is 5.82 Å². The van der Waals surface area contributed by atoms with Gasteiger partial charge in [-0.05, 0) is 42.5 Å². The molecular weight excluding hydrogens is 422 g/mol. The Hall–Kier alpha value is -2.81. The first-order chi connectivity index (χ1) is 12.9. The summed E-state index contributed by atoms with van der Waals surface area (Å²) in [5.41, 5.74) is 1.66. The Bertz CT molecular complexity index is 973. The molecule has 3 aromatic rings. The van der Waals surface area contributed by atoms with Crippen molar-refractivity contribution < 1.29 is 18.4 Å². The number of fused-ring (bicyclic) bond motifs is 1. The lowest BCUT2D eigenvalue weighted by molar-refractivity contribution is -0.116. The van der Waals surface area contributed by atoms with Gasteiger partial charge in [-0.1, -0.05) is 15.9 Å². The van der Waals surface area contributed by atoms with Crippen molar-refractivity contribution in [1.82, 2.24) is 15.3 Å². The van der Waals surface area contributed by atoms with Gasteiger partial charge in [-0.3, -0.25) is 9.59 Å². The summed E-state index contributed by atoms with van der Waals surface area (Å²) in [5, 5.41) is 5.35. The lowest BCUT2D eigenvalue weighted by atomic mass is 10.2. The number of hydrogen-bond acceptors (Lipinski definition) is 3. The molecule has 6 nitrogen and oxygen atoms in total. The van der Waals surface area contributed by atoms with E-state index in [1.54, 1.807) is 12.1 Å². The van der Waals surface area contributed by atoms with Gasteiger partial charge in [-0.15, -0.1) is 0 Å². The summed E-state index contributed by atoms with van der Waals surface area (Å²) in [6.45, 7) is 0.143. The molecule has 0 atom stereocenters. The molecule has 0 fully saturated rings. The van der Waals surface area contributed by atoms with Gasteiger partial charge < -0.3 is 15.6 Å². The van der Waals surface area contributed by atoms with Crippen LogP contribution < -0.4 is 10.6 Å². The van der Waals surface area contributed by atoms with Gasteiger partial charge in [0.25, 0.3) is 12.3 Å². The van der Waals surface area contributed by atoms with Crippen LogP contribution in [0, 0.1) is 0 Å². The number of halogens is 3. The standard InChI is InChI=1S/C18H15BrF2N4O2/c19-11-2-4-12(5-3-11)23-15(26)7-8-22-18(27)10-1-6-13-14(9-10)25-17(24-13)16(20)21/h1-6,9,16H,7-8H2,(H,22,27)(H,23,26)(H,24,25). The number of alkyl halides is 2. The molecular formula is C18H15BrF2N4O2. The Morgan fingerprint density at radius 3 is 2.59 bits per heavy atom. The zero-order valence-electron chi connectivity index (χ0n) is 13.9. The number of carbonyl (C=O) groups excluding carboxylic acids is 2. The van der Waals surface area contributed by atoms with Crippen LogP contribution in [-0.2, 0) is 4.79 Å². The molecule has 2 amide bonds. The van der Waals surface area contributed by atoms with Crippen molar-refractivity contribution in [3.63, 3.8) is 0 Å². The van der Waals surface area contributed by atoms with Crippen molar-refractivity contribution in [2.24, 2.45) is 0 Å². The Labute approximate surface area is 161 Å². The average molecular weight is 437 g/mol. The van der Waals surface area contributed by atoms with E-state index in [9.17, 15) is 18.4 Å². The van der Waals surface area contributed by atoms with Crippen LogP contribution in [0.25, 0.3) is 11.0 Å². The van der Waals surface area contributed by atoms with Gasteiger partial charge in [0.05, 0.1) is 11.0 Å². The number of nitrogens with one attached hydrogen (secondary N) is 3. The quantitative estimate of drug-likeness (QED) is 0.545. The van der Waals surface area contributed by atoms with E-state index in [0.29, 0.717) is 22.3 Å². The molecule has 2 aromatic carbocycles. The molecule has 27 heavy (non-hydrogen) atoms. The molecule has 0 radical (unpaired) electrons. The topological polar surface area (TPSA) is 86.9 Å². The molecule has 0 aliphatic heterocycles. The minimum Gasteiger partial charge on any atom is -0.352 e. The molecule has 9 heteroatoms. The fourth-order valence-corrected chi connectivity index (χ4v) is 2.69. The van der Waals surface area contributed by atoms with Gasteiger partial charge in [-0.25, -0.2) is 13.8 Å². The van der Waals surface area contributed by atoms with Crippen LogP contribution in [0.3, 0.4) is 0 Å². The predicted molar refractivity (Wildman–Crippen MR) is 101 cm³/mol. The summed E-state index contributed by atoms with van der Waals surface area (Å²) in [6.07, 6.45) is -2.61. The number of anilines is 1. The van der Waals surface area contributed by atoms with E-state index in [0.717, 1.165) is 4.47 Å². The average Bonchev–Trinajstić information content (AvgIpc) is 3.07. The highest BCUT2D eigenvalue weighted by atomic mass is 79.9. The van der Waals surface area contributed by atoms with E-state index in [1.165, 1.54) is 18.2 Å². The maximum Gasteiger partial charge on any atom is 0.295 e. The van der Waals surface area contributed by atoms with Crippen LogP contribution in [0.5, 0.6) is 0 Å². The Morgan fingerprint density at radius 2 is 1.89 bits per heavy atom. The van der Waals surface area contributed by atoms with E-state index in [1.807, 2.05) is 12.1 Å². The third kappa shape index (κ3) is 4.88. The van der Waals surface area contributed by atoms with Crippen LogP contribution in [-0.4, -0.2) is 28.3 Å². The highest BCUT2D eigenvalue weighted by Crippen LogP contribution is 2.20. The molecule has 3 rings (SSSR count). The Kier molecular flexibility index (Phi) is 5.80. The Morgan fingerprint density at radius 1 is 1.15 bits per heavy atom. The normalized spacial score (nSPS) is 11.0. The lowest BCUT2D eigenvalue weighted by Gasteiger charge is -2.07. The summed E-state index contributed by atoms with van der Waals surface area (Å²) < 4.78 is 26.2. The number of nitrogens with zero attached hydrogens (tertiary/aromatic N) is 1. The smallest absolute Gasteiger partial charge is 0.295 e. The number of imidazole rings is 1. The van der Waals surface area contributed by atoms with Gasteiger partial charge in [0.1, 0.15) is 0 Å². The second-order valence-electron chi connectivity index (χ2n) is 5.72. The van der Waals surface area contributed by atoms with Crippen molar-refractivity contribution in [2.75, 3.05) is 11.9 Å². The van der Waals surface area contributed by atoms with Gasteiger partial charge in [-0.2, -0.15) is 0 Å². The maximum absolute atomic E-state index is 12.7. The molecule has 0 saturated carbocycles. The molecule has 0 spiro atoms. The van der Waals surface area contributed by atoms with Crippen molar-refractivity contribution in [2.45, 2.75) is 12.8 Å². The molecule has 140 valence electrons. The minimum absolute atomic E-state index is 0.101. The number of rotatable bonds is 6. The van der Waals surface area contributed by atoms with Crippen molar-refractivity contribution in [3.05, 3.63) is 58.3 Å². The molecule has 0 aliphatic carbocycles. The monoisotopic (exact) mass is 436 g/mol. The predicted octanol–water partition coefficient (Wildman–Crippen LogP) is 4.02. The van der Waals surface area contributed by atoms with Crippen LogP contribution in [0.1, 0.15) is 29.0 Å². The zero-order valence-corrected chi connectivity index (χ0v) is 15.5. The summed E-state index contributed by atoms with van der Waals surface area (Å²) in [7, 11) is 0. The van der Waals surface area contributed by atoms with E-state index >= 15 is 0 Å². The molecule has 0 saturated heterocycles. The largest absolute Gasteiger partial charge is 0.352 e. The van der Waals surface area contributed by atoms with Crippen LogP contribution in [0.15, 0.2) is 46.9 Å². The summed E-state index contributed by atoms with van der Waals surface area (Å²) >= 11 is 3.31. The maximum atomic E-state index is 12.7. The highest BCUT2D eigenvalue weighted by molar-refractivity contribution is 9.10. The molecule has 0 bridgehead atoms. The fourth-order valence-electron chi connectivity index (χ4n) is 2.42. The molecule has 1 aromatic heterocycles. The summed E-state index contributed by atoms with van der Waals surface area (Å²) in [4.78, 5) is 30.3. The van der Waals surface area contributed by atoms with Crippen molar-refractivity contribution in [3.8, 4) is 0 Å². The third-order valence-corrected chi connectivity index (χ3v) is 4.26. The summed E-state index contributed by atoms with van der Waals surface area (Å²) in [6, 6.07) is 11.6. The fraction of sp³-hybridized carbons (Fsp3) is 0.167. The number of aromatic nitrogens is 2. The van der Waals surface area contributed by atoms with Crippen LogP contribution >= 0.6 is 15.9 Å². The second-order valence-corrected chi connectivity index (χ2v) is 6.63. The van der Waals surface area contributed by atoms with E-state index in [-0.39, 0.29) is 18.9 Å². The number of carbonyl (C=O) groups is 2. The van der Waals surface area contributed by atoms with Gasteiger partial charge in [0.2, 0.25) is 5.91 Å². The van der Waals surface area contributed by atoms with Crippen LogP contribution in [0.4, 0.5) is 14.5 Å². The first-order valence-corrected chi connectivity index (χ1v) is 8.83. The second kappa shape index (κ2) is 8.26. The zero-order chi connectivity index (χ0) is 19.4. The minimum atomic E-state index is -2.71. The Balaban J connectivity index is 1.53. The van der Waals surface area contributed by atoms with Gasteiger partial charge in [0, 0.05) is 28.7 Å². The number of H-pyrrole nitrogens is 1.